The maximum absolute atomic E-state index is 13.4. The second-order valence-electron chi connectivity index (χ2n) is 4.76. The van der Waals surface area contributed by atoms with Crippen LogP contribution in [0.25, 0.3) is 0 Å². The first kappa shape index (κ1) is 16.3. The number of hydrogen-bond donors (Lipinski definition) is 1. The highest BCUT2D eigenvalue weighted by Gasteiger charge is 2.33. The number of likely N-dealkylation sites (N-methyl/N-ethyl adjacent to an activating group) is 1. The topological polar surface area (TPSA) is 46.3 Å². The van der Waals surface area contributed by atoms with Gasteiger partial charge in [-0.25, -0.2) is 4.39 Å². The number of rotatable bonds is 3. The summed E-state index contributed by atoms with van der Waals surface area (Å²) in [6.07, 6.45) is -4.47. The van der Waals surface area contributed by atoms with Crippen LogP contribution in [0.4, 0.5) is 23.2 Å². The number of carbonyl (C=O) groups excluding carboxylic acids is 1. The monoisotopic (exact) mass is 292 g/mol. The first-order valence-corrected chi connectivity index (χ1v) is 5.90. The van der Waals surface area contributed by atoms with Gasteiger partial charge in [-0.3, -0.25) is 4.79 Å². The third kappa shape index (κ3) is 3.85. The van der Waals surface area contributed by atoms with Crippen molar-refractivity contribution in [3.05, 3.63) is 29.1 Å². The molecule has 0 fully saturated rings. The van der Waals surface area contributed by atoms with E-state index in [-0.39, 0.29) is 5.69 Å². The fourth-order valence-electron chi connectivity index (χ4n) is 2.00. The highest BCUT2D eigenvalue weighted by atomic mass is 19.4. The standard InChI is InChI=1S/C13H16F4N2O/c1-7-4-11(18)10(14)5-9(7)8(2)12(20)19(3)6-13(15,16)17/h4-5,8H,6,18H2,1-3H3. The number of amides is 1. The maximum Gasteiger partial charge on any atom is 0.406 e. The Morgan fingerprint density at radius 1 is 1.40 bits per heavy atom. The first-order chi connectivity index (χ1) is 9.03. The summed E-state index contributed by atoms with van der Waals surface area (Å²) >= 11 is 0. The van der Waals surface area contributed by atoms with Gasteiger partial charge in [-0.1, -0.05) is 0 Å². The molecule has 7 heteroatoms. The number of carbonyl (C=O) groups is 1. The average Bonchev–Trinajstić information content (AvgIpc) is 2.29. The average molecular weight is 292 g/mol. The van der Waals surface area contributed by atoms with Gasteiger partial charge in [-0.2, -0.15) is 13.2 Å². The van der Waals surface area contributed by atoms with E-state index >= 15 is 0 Å². The molecule has 3 nitrogen and oxygen atoms in total. The number of aryl methyl sites for hydroxylation is 1. The molecule has 1 aromatic rings. The van der Waals surface area contributed by atoms with Crippen molar-refractivity contribution >= 4 is 11.6 Å². The molecule has 0 aliphatic rings. The number of nitrogen functional groups attached to an aromatic ring is 1. The van der Waals surface area contributed by atoms with Crippen LogP contribution in [0.15, 0.2) is 12.1 Å². The van der Waals surface area contributed by atoms with Gasteiger partial charge >= 0.3 is 6.18 Å². The van der Waals surface area contributed by atoms with Crippen molar-refractivity contribution in [2.75, 3.05) is 19.3 Å². The minimum absolute atomic E-state index is 0.0606. The van der Waals surface area contributed by atoms with Crippen LogP contribution < -0.4 is 5.73 Å². The molecule has 0 aromatic heterocycles. The maximum atomic E-state index is 13.4. The van der Waals surface area contributed by atoms with E-state index in [4.69, 9.17) is 5.73 Å². The van der Waals surface area contributed by atoms with E-state index in [0.717, 1.165) is 13.1 Å². The van der Waals surface area contributed by atoms with E-state index in [1.807, 2.05) is 0 Å². The Labute approximate surface area is 114 Å². The number of benzene rings is 1. The molecule has 0 bridgehead atoms. The summed E-state index contributed by atoms with van der Waals surface area (Å²) < 4.78 is 50.2. The SMILES string of the molecule is Cc1cc(N)c(F)cc1C(C)C(=O)N(C)CC(F)(F)F. The highest BCUT2D eigenvalue weighted by Crippen LogP contribution is 2.26. The van der Waals surface area contributed by atoms with Crippen molar-refractivity contribution in [1.29, 1.82) is 0 Å². The van der Waals surface area contributed by atoms with E-state index in [1.54, 1.807) is 6.92 Å². The molecule has 2 N–H and O–H groups in total. The normalized spacial score (nSPS) is 13.2. The number of anilines is 1. The van der Waals surface area contributed by atoms with E-state index in [9.17, 15) is 22.4 Å². The van der Waals surface area contributed by atoms with Crippen LogP contribution in [-0.4, -0.2) is 30.6 Å². The predicted molar refractivity (Wildman–Crippen MR) is 67.7 cm³/mol. The zero-order valence-corrected chi connectivity index (χ0v) is 11.4. The third-order valence-corrected chi connectivity index (χ3v) is 3.01. The zero-order chi connectivity index (χ0) is 15.7. The van der Waals surface area contributed by atoms with E-state index in [2.05, 4.69) is 0 Å². The number of alkyl halides is 3. The fourth-order valence-corrected chi connectivity index (χ4v) is 2.00. The molecule has 20 heavy (non-hydrogen) atoms. The van der Waals surface area contributed by atoms with Gasteiger partial charge in [0.25, 0.3) is 0 Å². The van der Waals surface area contributed by atoms with Crippen LogP contribution in [0.2, 0.25) is 0 Å². The molecular formula is C13H16F4N2O. The van der Waals surface area contributed by atoms with E-state index in [1.165, 1.54) is 13.0 Å². The molecule has 1 aromatic carbocycles. The minimum atomic E-state index is -4.47. The van der Waals surface area contributed by atoms with Gasteiger partial charge in [-0.05, 0) is 37.1 Å². The predicted octanol–water partition coefficient (Wildman–Crippen LogP) is 2.84. The van der Waals surface area contributed by atoms with Crippen molar-refractivity contribution in [3.8, 4) is 0 Å². The van der Waals surface area contributed by atoms with Crippen LogP contribution in [0.3, 0.4) is 0 Å². The lowest BCUT2D eigenvalue weighted by Crippen LogP contribution is -2.38. The molecule has 1 rings (SSSR count). The van der Waals surface area contributed by atoms with Crippen LogP contribution in [0.5, 0.6) is 0 Å². The smallest absolute Gasteiger partial charge is 0.396 e. The van der Waals surface area contributed by atoms with Gasteiger partial charge in [-0.15, -0.1) is 0 Å². The number of nitrogens with two attached hydrogens (primary N) is 1. The summed E-state index contributed by atoms with van der Waals surface area (Å²) in [5, 5.41) is 0. The Bertz CT molecular complexity index is 514. The van der Waals surface area contributed by atoms with Crippen molar-refractivity contribution in [2.24, 2.45) is 0 Å². The van der Waals surface area contributed by atoms with Crippen LogP contribution >= 0.6 is 0 Å². The molecule has 0 heterocycles. The van der Waals surface area contributed by atoms with Gasteiger partial charge in [0.05, 0.1) is 11.6 Å². The van der Waals surface area contributed by atoms with Crippen molar-refractivity contribution in [2.45, 2.75) is 25.9 Å². The second-order valence-corrected chi connectivity index (χ2v) is 4.76. The van der Waals surface area contributed by atoms with Crippen molar-refractivity contribution in [1.82, 2.24) is 4.90 Å². The molecule has 112 valence electrons. The Hall–Kier alpha value is -1.79. The summed E-state index contributed by atoms with van der Waals surface area (Å²) in [5.74, 6) is -2.30. The lowest BCUT2D eigenvalue weighted by atomic mass is 9.94. The largest absolute Gasteiger partial charge is 0.406 e. The first-order valence-electron chi connectivity index (χ1n) is 5.90. The molecule has 0 saturated carbocycles. The summed E-state index contributed by atoms with van der Waals surface area (Å²) in [7, 11) is 1.06. The Balaban J connectivity index is 2.97. The van der Waals surface area contributed by atoms with Gasteiger partial charge in [0.2, 0.25) is 5.91 Å². The Morgan fingerprint density at radius 3 is 2.45 bits per heavy atom. The summed E-state index contributed by atoms with van der Waals surface area (Å²) in [6, 6.07) is 2.45. The van der Waals surface area contributed by atoms with E-state index in [0.29, 0.717) is 16.0 Å². The van der Waals surface area contributed by atoms with Gasteiger partial charge < -0.3 is 10.6 Å². The zero-order valence-electron chi connectivity index (χ0n) is 11.4. The molecular weight excluding hydrogens is 276 g/mol. The minimum Gasteiger partial charge on any atom is -0.396 e. The molecule has 0 saturated heterocycles. The number of hydrogen-bond acceptors (Lipinski definition) is 2. The van der Waals surface area contributed by atoms with Crippen LogP contribution in [0, 0.1) is 12.7 Å². The van der Waals surface area contributed by atoms with Gasteiger partial charge in [0.15, 0.2) is 0 Å². The van der Waals surface area contributed by atoms with Gasteiger partial charge in [0, 0.05) is 7.05 Å². The fraction of sp³-hybridized carbons (Fsp3) is 0.462. The van der Waals surface area contributed by atoms with Crippen LogP contribution in [0.1, 0.15) is 24.0 Å². The van der Waals surface area contributed by atoms with Gasteiger partial charge in [0.1, 0.15) is 12.4 Å². The molecule has 0 radical (unpaired) electrons. The quantitative estimate of drug-likeness (QED) is 0.688. The molecule has 0 spiro atoms. The van der Waals surface area contributed by atoms with Crippen molar-refractivity contribution < 1.29 is 22.4 Å². The third-order valence-electron chi connectivity index (χ3n) is 3.01. The Morgan fingerprint density at radius 2 is 1.95 bits per heavy atom. The summed E-state index contributed by atoms with van der Waals surface area (Å²) in [4.78, 5) is 12.5. The molecule has 1 atom stereocenters. The molecule has 0 aliphatic heterocycles. The summed E-state index contributed by atoms with van der Waals surface area (Å²) in [6.45, 7) is 1.72. The highest BCUT2D eigenvalue weighted by molar-refractivity contribution is 5.83. The lowest BCUT2D eigenvalue weighted by Gasteiger charge is -2.23. The van der Waals surface area contributed by atoms with E-state index < -0.39 is 30.4 Å². The molecule has 1 unspecified atom stereocenters. The number of nitrogens with zero attached hydrogens (tertiary/aromatic N) is 1. The summed E-state index contributed by atoms with van der Waals surface area (Å²) in [5.41, 5.74) is 6.22. The van der Waals surface area contributed by atoms with Crippen molar-refractivity contribution in [3.63, 3.8) is 0 Å². The lowest BCUT2D eigenvalue weighted by molar-refractivity contribution is -0.159. The molecule has 0 aliphatic carbocycles. The van der Waals surface area contributed by atoms with Crippen LogP contribution in [-0.2, 0) is 4.79 Å². The molecule has 1 amide bonds. The Kier molecular flexibility index (Phi) is 4.62. The number of halogens is 4. The second kappa shape index (κ2) is 5.68.